The molecule has 1 aliphatic heterocycles. The van der Waals surface area contributed by atoms with Crippen LogP contribution in [0.4, 0.5) is 23.7 Å². The number of carbonyl (C=O) groups excluding carboxylic acids is 2. The van der Waals surface area contributed by atoms with Crippen LogP contribution in [-0.4, -0.2) is 79.2 Å². The summed E-state index contributed by atoms with van der Waals surface area (Å²) in [4.78, 5) is 29.9. The summed E-state index contributed by atoms with van der Waals surface area (Å²) in [5, 5.41) is 11.2. The molecule has 1 aromatic carbocycles. The Morgan fingerprint density at radius 1 is 1.23 bits per heavy atom. The van der Waals surface area contributed by atoms with Gasteiger partial charge in [-0.15, -0.1) is 11.8 Å². The van der Waals surface area contributed by atoms with E-state index >= 15 is 0 Å². The second-order valence-corrected chi connectivity index (χ2v) is 8.09. The molecular weight excluding hydrogens is 419 g/mol. The average Bonchev–Trinajstić information content (AvgIpc) is 2.68. The number of rotatable bonds is 6. The zero-order valence-electron chi connectivity index (χ0n) is 16.8. The topological polar surface area (TPSA) is 79.7 Å². The van der Waals surface area contributed by atoms with Gasteiger partial charge in [-0.1, -0.05) is 0 Å². The first-order chi connectivity index (χ1) is 14.1. The number of thioether (sulfide) groups is 1. The number of piperazine rings is 1. The van der Waals surface area contributed by atoms with Crippen molar-refractivity contribution in [3.63, 3.8) is 0 Å². The predicted octanol–water partition coefficient (Wildman–Crippen LogP) is 2.95. The maximum absolute atomic E-state index is 13.1. The molecule has 11 heteroatoms. The van der Waals surface area contributed by atoms with Crippen LogP contribution in [0, 0.1) is 11.3 Å². The first kappa shape index (κ1) is 23.8. The molecule has 1 aliphatic rings. The van der Waals surface area contributed by atoms with E-state index in [0.29, 0.717) is 36.8 Å². The highest BCUT2D eigenvalue weighted by Gasteiger charge is 2.31. The van der Waals surface area contributed by atoms with E-state index in [9.17, 15) is 22.8 Å². The third kappa shape index (κ3) is 6.81. The fourth-order valence-corrected chi connectivity index (χ4v) is 3.75. The highest BCUT2D eigenvalue weighted by atomic mass is 32.2. The summed E-state index contributed by atoms with van der Waals surface area (Å²) in [6.07, 6.45) is -4.28. The summed E-state index contributed by atoms with van der Waals surface area (Å²) >= 11 is 1.22. The second-order valence-electron chi connectivity index (χ2n) is 6.95. The molecule has 3 amide bonds. The molecule has 2 rings (SSSR count). The first-order valence-corrected chi connectivity index (χ1v) is 10.3. The number of halogens is 3. The van der Waals surface area contributed by atoms with Crippen molar-refractivity contribution in [1.82, 2.24) is 14.7 Å². The number of alkyl halides is 3. The van der Waals surface area contributed by atoms with Crippen LogP contribution in [-0.2, 0) is 11.0 Å². The highest BCUT2D eigenvalue weighted by molar-refractivity contribution is 7.99. The molecule has 0 atom stereocenters. The number of nitriles is 1. The molecule has 0 aromatic heterocycles. The molecule has 7 nitrogen and oxygen atoms in total. The molecule has 1 fully saturated rings. The minimum Gasteiger partial charge on any atom is -0.331 e. The van der Waals surface area contributed by atoms with E-state index in [1.165, 1.54) is 22.7 Å². The quantitative estimate of drug-likeness (QED) is 0.540. The largest absolute Gasteiger partial charge is 0.416 e. The zero-order valence-corrected chi connectivity index (χ0v) is 17.6. The lowest BCUT2D eigenvalue weighted by atomic mass is 10.2. The second kappa shape index (κ2) is 10.5. The summed E-state index contributed by atoms with van der Waals surface area (Å²) in [6, 6.07) is 5.08. The van der Waals surface area contributed by atoms with Crippen molar-refractivity contribution in [3.05, 3.63) is 23.8 Å². The first-order valence-electron chi connectivity index (χ1n) is 9.31. The summed E-state index contributed by atoms with van der Waals surface area (Å²) in [5.41, 5.74) is -0.766. The minimum atomic E-state index is -4.52. The molecule has 1 heterocycles. The van der Waals surface area contributed by atoms with Gasteiger partial charge in [-0.2, -0.15) is 18.4 Å². The Hall–Kier alpha value is -2.45. The standard InChI is InChI=1S/C19H24F3N5O2S/c1-25(2)18(29)27-9-7-26(8-10-27)13-17(28)24-15-12-14(19(20,21)22)4-5-16(15)30-11-3-6-23/h4-5,12H,3,7-11,13H2,1-2H3,(H,24,28). The molecule has 0 bridgehead atoms. The van der Waals surface area contributed by atoms with E-state index in [2.05, 4.69) is 5.32 Å². The van der Waals surface area contributed by atoms with Crippen LogP contribution in [0.5, 0.6) is 0 Å². The maximum Gasteiger partial charge on any atom is 0.416 e. The van der Waals surface area contributed by atoms with E-state index in [-0.39, 0.29) is 24.7 Å². The van der Waals surface area contributed by atoms with Gasteiger partial charge in [-0.05, 0) is 18.2 Å². The number of hydrogen-bond acceptors (Lipinski definition) is 5. The van der Waals surface area contributed by atoms with Gasteiger partial charge in [0.1, 0.15) is 0 Å². The van der Waals surface area contributed by atoms with Gasteiger partial charge in [0, 0.05) is 57.3 Å². The van der Waals surface area contributed by atoms with Gasteiger partial charge in [-0.3, -0.25) is 9.69 Å². The summed E-state index contributed by atoms with van der Waals surface area (Å²) in [5.74, 6) is -0.0177. The number of nitrogens with zero attached hydrogens (tertiary/aromatic N) is 4. The molecule has 0 radical (unpaired) electrons. The lowest BCUT2D eigenvalue weighted by Gasteiger charge is -2.35. The van der Waals surface area contributed by atoms with E-state index < -0.39 is 17.6 Å². The number of hydrogen-bond donors (Lipinski definition) is 1. The summed E-state index contributed by atoms with van der Waals surface area (Å²) in [6.45, 7) is 1.97. The molecule has 1 saturated heterocycles. The van der Waals surface area contributed by atoms with Crippen LogP contribution in [0.2, 0.25) is 0 Å². The molecule has 0 spiro atoms. The van der Waals surface area contributed by atoms with Crippen molar-refractivity contribution < 1.29 is 22.8 Å². The Morgan fingerprint density at radius 3 is 2.47 bits per heavy atom. The van der Waals surface area contributed by atoms with Crippen molar-refractivity contribution >= 4 is 29.4 Å². The van der Waals surface area contributed by atoms with Crippen LogP contribution >= 0.6 is 11.8 Å². The molecule has 0 aliphatic carbocycles. The lowest BCUT2D eigenvalue weighted by Crippen LogP contribution is -2.52. The van der Waals surface area contributed by atoms with Gasteiger partial charge < -0.3 is 15.1 Å². The van der Waals surface area contributed by atoms with E-state index in [0.717, 1.165) is 12.1 Å². The van der Waals surface area contributed by atoms with Crippen LogP contribution in [0.25, 0.3) is 0 Å². The van der Waals surface area contributed by atoms with E-state index in [1.54, 1.807) is 19.0 Å². The van der Waals surface area contributed by atoms with Crippen LogP contribution in [0.1, 0.15) is 12.0 Å². The van der Waals surface area contributed by atoms with Gasteiger partial charge in [0.2, 0.25) is 5.91 Å². The van der Waals surface area contributed by atoms with Gasteiger partial charge >= 0.3 is 12.2 Å². The maximum atomic E-state index is 13.1. The fourth-order valence-electron chi connectivity index (χ4n) is 2.91. The number of nitrogens with one attached hydrogen (secondary N) is 1. The molecule has 164 valence electrons. The molecular formula is C19H24F3N5O2S. The van der Waals surface area contributed by atoms with Crippen LogP contribution < -0.4 is 5.32 Å². The average molecular weight is 443 g/mol. The van der Waals surface area contributed by atoms with Crippen molar-refractivity contribution in [3.8, 4) is 6.07 Å². The summed E-state index contributed by atoms with van der Waals surface area (Å²) in [7, 11) is 3.34. The van der Waals surface area contributed by atoms with Gasteiger partial charge in [0.15, 0.2) is 0 Å². The molecule has 0 saturated carbocycles. The molecule has 30 heavy (non-hydrogen) atoms. The third-order valence-electron chi connectivity index (χ3n) is 4.45. The highest BCUT2D eigenvalue weighted by Crippen LogP contribution is 2.35. The monoisotopic (exact) mass is 443 g/mol. The van der Waals surface area contributed by atoms with Crippen LogP contribution in [0.3, 0.4) is 0 Å². The summed E-state index contributed by atoms with van der Waals surface area (Å²) < 4.78 is 39.2. The lowest BCUT2D eigenvalue weighted by molar-refractivity contribution is -0.137. The Kier molecular flexibility index (Phi) is 8.37. The Morgan fingerprint density at radius 2 is 1.90 bits per heavy atom. The SMILES string of the molecule is CN(C)C(=O)N1CCN(CC(=O)Nc2cc(C(F)(F)F)ccc2SCCC#N)CC1. The Balaban J connectivity index is 2.01. The number of benzene rings is 1. The number of carbonyl (C=O) groups is 2. The van der Waals surface area contributed by atoms with Gasteiger partial charge in [-0.25, -0.2) is 4.79 Å². The number of urea groups is 1. The smallest absolute Gasteiger partial charge is 0.331 e. The molecule has 0 unspecified atom stereocenters. The normalized spacial score (nSPS) is 14.9. The van der Waals surface area contributed by atoms with Gasteiger partial charge in [0.25, 0.3) is 0 Å². The third-order valence-corrected chi connectivity index (χ3v) is 5.52. The van der Waals surface area contributed by atoms with E-state index in [1.807, 2.05) is 11.0 Å². The fraction of sp³-hybridized carbons (Fsp3) is 0.526. The molecule has 1 N–H and O–H groups in total. The van der Waals surface area contributed by atoms with Crippen molar-refractivity contribution in [2.45, 2.75) is 17.5 Å². The van der Waals surface area contributed by atoms with Gasteiger partial charge in [0.05, 0.1) is 23.9 Å². The Bertz CT molecular complexity index is 802. The minimum absolute atomic E-state index is 0.0164. The zero-order chi connectivity index (χ0) is 22.3. The van der Waals surface area contributed by atoms with Crippen molar-refractivity contribution in [2.24, 2.45) is 0 Å². The van der Waals surface area contributed by atoms with Crippen molar-refractivity contribution in [2.75, 3.05) is 57.9 Å². The Labute approximate surface area is 177 Å². The van der Waals surface area contributed by atoms with E-state index in [4.69, 9.17) is 5.26 Å². The van der Waals surface area contributed by atoms with Crippen LogP contribution in [0.15, 0.2) is 23.1 Å². The number of anilines is 1. The predicted molar refractivity (Wildman–Crippen MR) is 108 cm³/mol. The molecule has 1 aromatic rings. The van der Waals surface area contributed by atoms with Crippen molar-refractivity contribution in [1.29, 1.82) is 5.26 Å². The number of amides is 3.